The van der Waals surface area contributed by atoms with E-state index in [1.54, 1.807) is 12.1 Å². The van der Waals surface area contributed by atoms with Crippen molar-refractivity contribution < 1.29 is 9.83 Å². The lowest BCUT2D eigenvalue weighted by Crippen LogP contribution is -2.41. The van der Waals surface area contributed by atoms with Crippen molar-refractivity contribution in [3.8, 4) is 0 Å². The van der Waals surface area contributed by atoms with E-state index in [0.29, 0.717) is 31.0 Å². The molecule has 0 bridgehead atoms. The first-order valence-electron chi connectivity index (χ1n) is 6.88. The van der Waals surface area contributed by atoms with Gasteiger partial charge in [-0.1, -0.05) is 23.7 Å². The number of rotatable bonds is 8. The van der Waals surface area contributed by atoms with Crippen LogP contribution in [0.15, 0.2) is 29.4 Å². The van der Waals surface area contributed by atoms with Gasteiger partial charge in [-0.3, -0.25) is 4.79 Å². The van der Waals surface area contributed by atoms with Gasteiger partial charge in [-0.25, -0.2) is 10.1 Å². The number of benzene rings is 1. The zero-order chi connectivity index (χ0) is 17.2. The monoisotopic (exact) mass is 342 g/mol. The number of carbonyl (C=O) groups excluding carboxylic acids is 1. The van der Waals surface area contributed by atoms with Crippen LogP contribution < -0.4 is 22.1 Å². The summed E-state index contributed by atoms with van der Waals surface area (Å²) in [6, 6.07) is 6.44. The quantitative estimate of drug-likeness (QED) is 0.174. The molecule has 0 spiro atoms. The number of halogens is 1. The Labute approximate surface area is 138 Å². The predicted octanol–water partition coefficient (Wildman–Crippen LogP) is 0.160. The van der Waals surface area contributed by atoms with Gasteiger partial charge in [0, 0.05) is 18.1 Å². The van der Waals surface area contributed by atoms with Crippen molar-refractivity contribution >= 4 is 23.5 Å². The summed E-state index contributed by atoms with van der Waals surface area (Å²) < 4.78 is 0. The topological polar surface area (TPSA) is 149 Å². The summed E-state index contributed by atoms with van der Waals surface area (Å²) in [5, 5.41) is 18.0. The molecule has 0 fully saturated rings. The third-order valence-corrected chi connectivity index (χ3v) is 3.16. The smallest absolute Gasteiger partial charge is 0.266 e. The van der Waals surface area contributed by atoms with Crippen molar-refractivity contribution in [2.24, 2.45) is 16.6 Å². The second kappa shape index (κ2) is 9.59. The molecule has 0 saturated carbocycles. The van der Waals surface area contributed by atoms with E-state index < -0.39 is 11.1 Å². The fourth-order valence-electron chi connectivity index (χ4n) is 1.72. The molecule has 9 nitrogen and oxygen atoms in total. The minimum atomic E-state index is -0.891. The Bertz CT molecular complexity index is 563. The first-order chi connectivity index (χ1) is 10.9. The minimum absolute atomic E-state index is 0.271. The van der Waals surface area contributed by atoms with E-state index in [2.05, 4.69) is 15.7 Å². The Morgan fingerprint density at radius 1 is 1.35 bits per heavy atom. The van der Waals surface area contributed by atoms with Gasteiger partial charge in [0.1, 0.15) is 5.10 Å². The number of hydrogen-bond donors (Lipinski definition) is 4. The molecule has 0 unspecified atom stereocenters. The molecule has 126 valence electrons. The highest BCUT2D eigenvalue weighted by Crippen LogP contribution is 2.09. The molecule has 0 saturated heterocycles. The summed E-state index contributed by atoms with van der Waals surface area (Å²) in [7, 11) is 0. The molecule has 1 rings (SSSR count). The summed E-state index contributed by atoms with van der Waals surface area (Å²) in [6.07, 6.45) is 0.925. The summed E-state index contributed by atoms with van der Waals surface area (Å²) >= 11 is 5.78. The zero-order valence-corrected chi connectivity index (χ0v) is 13.1. The maximum absolute atomic E-state index is 11.8. The predicted molar refractivity (Wildman–Crippen MR) is 87.1 cm³/mol. The number of hydrazone groups is 1. The number of amides is 1. The summed E-state index contributed by atoms with van der Waals surface area (Å²) in [5.41, 5.74) is 11.9. The SMILES string of the molecule is NC(=N[N+](=O)[O-])NCCC[C@@H](N)C(=O)NCc1ccc(Cl)cc1. The van der Waals surface area contributed by atoms with Gasteiger partial charge in [-0.15, -0.1) is 0 Å². The van der Waals surface area contributed by atoms with Crippen molar-refractivity contribution in [2.45, 2.75) is 25.4 Å². The second-order valence-electron chi connectivity index (χ2n) is 4.74. The van der Waals surface area contributed by atoms with Gasteiger partial charge < -0.3 is 22.1 Å². The molecule has 0 heterocycles. The molecule has 23 heavy (non-hydrogen) atoms. The highest BCUT2D eigenvalue weighted by atomic mass is 35.5. The minimum Gasteiger partial charge on any atom is -0.365 e. The van der Waals surface area contributed by atoms with E-state index in [1.165, 1.54) is 0 Å². The standard InChI is InChI=1S/C13H19ClN6O3/c14-10-5-3-9(4-6-10)8-18-12(21)11(15)2-1-7-17-13(16)19-20(22)23/h3-6,11H,1-2,7-8,15H2,(H,18,21)(H3,16,17,19)/t11-/m1/s1. The Balaban J connectivity index is 2.23. The van der Waals surface area contributed by atoms with Crippen LogP contribution in [0.3, 0.4) is 0 Å². The van der Waals surface area contributed by atoms with Gasteiger partial charge in [0.05, 0.1) is 6.04 Å². The highest BCUT2D eigenvalue weighted by Gasteiger charge is 2.12. The van der Waals surface area contributed by atoms with E-state index in [0.717, 1.165) is 5.56 Å². The van der Waals surface area contributed by atoms with Gasteiger partial charge in [0.2, 0.25) is 5.91 Å². The van der Waals surface area contributed by atoms with Crippen LogP contribution in [0.5, 0.6) is 0 Å². The van der Waals surface area contributed by atoms with Crippen LogP contribution in [0.1, 0.15) is 18.4 Å². The van der Waals surface area contributed by atoms with Gasteiger partial charge >= 0.3 is 0 Å². The average molecular weight is 343 g/mol. The zero-order valence-electron chi connectivity index (χ0n) is 12.4. The van der Waals surface area contributed by atoms with Crippen LogP contribution >= 0.6 is 11.6 Å². The maximum atomic E-state index is 11.8. The van der Waals surface area contributed by atoms with E-state index in [1.807, 2.05) is 12.1 Å². The number of carbonyl (C=O) groups is 1. The lowest BCUT2D eigenvalue weighted by atomic mass is 10.1. The summed E-state index contributed by atoms with van der Waals surface area (Å²) in [6.45, 7) is 0.700. The lowest BCUT2D eigenvalue weighted by molar-refractivity contribution is -0.485. The molecule has 0 aliphatic rings. The van der Waals surface area contributed by atoms with Crippen molar-refractivity contribution in [1.29, 1.82) is 0 Å². The number of nitrogens with one attached hydrogen (secondary N) is 2. The van der Waals surface area contributed by atoms with Gasteiger partial charge in [-0.2, -0.15) is 0 Å². The van der Waals surface area contributed by atoms with Gasteiger partial charge in [-0.05, 0) is 30.5 Å². The number of hydrogen-bond acceptors (Lipinski definition) is 4. The third-order valence-electron chi connectivity index (χ3n) is 2.90. The van der Waals surface area contributed by atoms with E-state index in [9.17, 15) is 14.9 Å². The number of nitro groups is 1. The van der Waals surface area contributed by atoms with Crippen molar-refractivity contribution in [3.05, 3.63) is 45.0 Å². The van der Waals surface area contributed by atoms with E-state index >= 15 is 0 Å². The molecule has 1 amide bonds. The Morgan fingerprint density at radius 3 is 2.61 bits per heavy atom. The van der Waals surface area contributed by atoms with Crippen molar-refractivity contribution in [2.75, 3.05) is 6.54 Å². The largest absolute Gasteiger partial charge is 0.365 e. The number of nitrogens with two attached hydrogens (primary N) is 2. The molecular formula is C13H19ClN6O3. The molecule has 1 aromatic rings. The summed E-state index contributed by atoms with van der Waals surface area (Å²) in [4.78, 5) is 21.9. The Hall–Kier alpha value is -2.39. The van der Waals surface area contributed by atoms with Crippen LogP contribution in [0.2, 0.25) is 5.02 Å². The van der Waals surface area contributed by atoms with Crippen molar-refractivity contribution in [1.82, 2.24) is 10.6 Å². The Morgan fingerprint density at radius 2 is 2.00 bits per heavy atom. The van der Waals surface area contributed by atoms with Crippen LogP contribution in [0, 0.1) is 10.1 Å². The van der Waals surface area contributed by atoms with E-state index in [-0.39, 0.29) is 11.9 Å². The number of nitrogens with zero attached hydrogens (tertiary/aromatic N) is 2. The highest BCUT2D eigenvalue weighted by molar-refractivity contribution is 6.30. The molecule has 0 aliphatic carbocycles. The maximum Gasteiger partial charge on any atom is 0.266 e. The second-order valence-corrected chi connectivity index (χ2v) is 5.18. The number of guanidine groups is 1. The van der Waals surface area contributed by atoms with E-state index in [4.69, 9.17) is 23.1 Å². The average Bonchev–Trinajstić information content (AvgIpc) is 2.49. The molecular weight excluding hydrogens is 324 g/mol. The molecule has 0 aromatic heterocycles. The Kier molecular flexibility index (Phi) is 7.78. The first kappa shape index (κ1) is 18.7. The third kappa shape index (κ3) is 7.98. The van der Waals surface area contributed by atoms with Gasteiger partial charge in [0.25, 0.3) is 5.96 Å². The van der Waals surface area contributed by atoms with Crippen LogP contribution in [-0.4, -0.2) is 29.5 Å². The fourth-order valence-corrected chi connectivity index (χ4v) is 1.84. The molecule has 0 aliphatic heterocycles. The van der Waals surface area contributed by atoms with Crippen LogP contribution in [-0.2, 0) is 11.3 Å². The molecule has 10 heteroatoms. The first-order valence-corrected chi connectivity index (χ1v) is 7.26. The van der Waals surface area contributed by atoms with Gasteiger partial charge in [0.15, 0.2) is 5.03 Å². The molecule has 1 aromatic carbocycles. The normalized spacial score (nSPS) is 12.5. The lowest BCUT2D eigenvalue weighted by Gasteiger charge is -2.12. The molecule has 0 radical (unpaired) electrons. The molecule has 1 atom stereocenters. The van der Waals surface area contributed by atoms with Crippen molar-refractivity contribution in [3.63, 3.8) is 0 Å². The molecule has 6 N–H and O–H groups in total. The summed E-state index contributed by atoms with van der Waals surface area (Å²) in [5.74, 6) is -0.553. The van der Waals surface area contributed by atoms with Crippen LogP contribution in [0.4, 0.5) is 0 Å². The fraction of sp³-hybridized carbons (Fsp3) is 0.385. The van der Waals surface area contributed by atoms with Crippen LogP contribution in [0.25, 0.3) is 0 Å².